The van der Waals surface area contributed by atoms with E-state index >= 15 is 0 Å². The number of hydrogen-bond donors (Lipinski definition) is 2. The molecule has 0 saturated carbocycles. The van der Waals surface area contributed by atoms with Gasteiger partial charge in [0.05, 0.1) is 12.1 Å². The van der Waals surface area contributed by atoms with Crippen LogP contribution in [0, 0.1) is 6.92 Å². The summed E-state index contributed by atoms with van der Waals surface area (Å²) >= 11 is 0. The van der Waals surface area contributed by atoms with Gasteiger partial charge < -0.3 is 19.8 Å². The number of aromatic nitrogens is 1. The van der Waals surface area contributed by atoms with E-state index in [9.17, 15) is 9.59 Å². The zero-order valence-electron chi connectivity index (χ0n) is 11.9. The zero-order valence-corrected chi connectivity index (χ0v) is 12.7. The van der Waals surface area contributed by atoms with Crippen LogP contribution in [0.15, 0.2) is 10.6 Å². The van der Waals surface area contributed by atoms with Gasteiger partial charge in [-0.15, -0.1) is 12.4 Å². The van der Waals surface area contributed by atoms with Gasteiger partial charge in [0.25, 0.3) is 5.91 Å². The summed E-state index contributed by atoms with van der Waals surface area (Å²) in [6.07, 6.45) is 1.80. The maximum absolute atomic E-state index is 11.9. The van der Waals surface area contributed by atoms with Crippen molar-refractivity contribution < 1.29 is 19.2 Å². The van der Waals surface area contributed by atoms with Crippen molar-refractivity contribution in [2.24, 2.45) is 0 Å². The number of hydrogen-bond acceptors (Lipinski definition) is 5. The molecule has 0 radical (unpaired) electrons. The minimum absolute atomic E-state index is 0. The molecule has 2 N–H and O–H groups in total. The number of piperidine rings is 1. The molecular weight excluding hydrogens is 298 g/mol. The molecule has 7 nitrogen and oxygen atoms in total. The van der Waals surface area contributed by atoms with Gasteiger partial charge in [-0.1, -0.05) is 5.16 Å². The Kier molecular flexibility index (Phi) is 6.64. The van der Waals surface area contributed by atoms with Crippen molar-refractivity contribution >= 4 is 24.3 Å². The number of likely N-dealkylation sites (tertiary alicyclic amines) is 1. The molecule has 1 fully saturated rings. The maximum Gasteiger partial charge on any atom is 0.304 e. The predicted molar refractivity (Wildman–Crippen MR) is 77.7 cm³/mol. The fourth-order valence-electron chi connectivity index (χ4n) is 2.28. The topological polar surface area (TPSA) is 95.7 Å². The average Bonchev–Trinajstić information content (AvgIpc) is 2.85. The highest BCUT2D eigenvalue weighted by Gasteiger charge is 2.22. The number of aliphatic carboxylic acids is 1. The Hall–Kier alpha value is -1.60. The van der Waals surface area contributed by atoms with E-state index in [0.717, 1.165) is 25.9 Å². The molecule has 0 unspecified atom stereocenters. The number of amides is 1. The smallest absolute Gasteiger partial charge is 0.304 e. The van der Waals surface area contributed by atoms with Crippen molar-refractivity contribution in [3.05, 3.63) is 17.5 Å². The monoisotopic (exact) mass is 317 g/mol. The second-order valence-corrected chi connectivity index (χ2v) is 5.07. The molecule has 0 aliphatic carbocycles. The lowest BCUT2D eigenvalue weighted by molar-refractivity contribution is -0.137. The molecule has 1 aliphatic rings. The molecule has 1 aromatic rings. The number of rotatable bonds is 5. The molecule has 8 heteroatoms. The molecule has 1 amide bonds. The fraction of sp³-hybridized carbons (Fsp3) is 0.615. The lowest BCUT2D eigenvalue weighted by Gasteiger charge is -2.31. The molecule has 0 spiro atoms. The highest BCUT2D eigenvalue weighted by molar-refractivity contribution is 5.91. The first-order chi connectivity index (χ1) is 9.54. The van der Waals surface area contributed by atoms with Gasteiger partial charge in [-0.05, 0) is 19.8 Å². The molecule has 0 aromatic carbocycles. The van der Waals surface area contributed by atoms with Crippen LogP contribution in [-0.2, 0) is 4.79 Å². The molecule has 1 aromatic heterocycles. The van der Waals surface area contributed by atoms with Gasteiger partial charge in [0.1, 0.15) is 0 Å². The van der Waals surface area contributed by atoms with Gasteiger partial charge in [-0.3, -0.25) is 9.59 Å². The van der Waals surface area contributed by atoms with E-state index < -0.39 is 5.97 Å². The number of carboxylic acids is 1. The van der Waals surface area contributed by atoms with Crippen LogP contribution in [0.1, 0.15) is 35.5 Å². The Morgan fingerprint density at radius 1 is 1.48 bits per heavy atom. The number of carbonyl (C=O) groups is 2. The first kappa shape index (κ1) is 17.5. The van der Waals surface area contributed by atoms with Gasteiger partial charge in [0.2, 0.25) is 5.76 Å². The van der Waals surface area contributed by atoms with Crippen LogP contribution < -0.4 is 5.32 Å². The molecule has 2 rings (SSSR count). The van der Waals surface area contributed by atoms with E-state index in [1.54, 1.807) is 13.0 Å². The van der Waals surface area contributed by atoms with Crippen LogP contribution in [0.3, 0.4) is 0 Å². The SMILES string of the molecule is Cc1cc(C(=O)NC2CCN(CCC(=O)O)CC2)on1.Cl. The third kappa shape index (κ3) is 5.35. The lowest BCUT2D eigenvalue weighted by Crippen LogP contribution is -2.45. The number of nitrogens with one attached hydrogen (secondary N) is 1. The number of halogens is 1. The molecule has 118 valence electrons. The summed E-state index contributed by atoms with van der Waals surface area (Å²) in [5.41, 5.74) is 0.679. The van der Waals surface area contributed by atoms with Crippen LogP contribution in [0.5, 0.6) is 0 Å². The van der Waals surface area contributed by atoms with Gasteiger partial charge in [-0.25, -0.2) is 0 Å². The van der Waals surface area contributed by atoms with E-state index in [1.165, 1.54) is 0 Å². The van der Waals surface area contributed by atoms with E-state index in [4.69, 9.17) is 9.63 Å². The van der Waals surface area contributed by atoms with Crippen molar-refractivity contribution in [1.82, 2.24) is 15.4 Å². The normalized spacial score (nSPS) is 16.2. The van der Waals surface area contributed by atoms with Crippen LogP contribution in [0.4, 0.5) is 0 Å². The number of carboxylic acid groups (broad SMARTS) is 1. The van der Waals surface area contributed by atoms with Gasteiger partial charge >= 0.3 is 5.97 Å². The number of nitrogens with zero attached hydrogens (tertiary/aromatic N) is 2. The zero-order chi connectivity index (χ0) is 14.5. The summed E-state index contributed by atoms with van der Waals surface area (Å²) in [5.74, 6) is -0.786. The van der Waals surface area contributed by atoms with Crippen LogP contribution in [0.2, 0.25) is 0 Å². The second-order valence-electron chi connectivity index (χ2n) is 5.07. The van der Waals surface area contributed by atoms with Crippen LogP contribution >= 0.6 is 12.4 Å². The van der Waals surface area contributed by atoms with Gasteiger partial charge in [0.15, 0.2) is 0 Å². The van der Waals surface area contributed by atoms with E-state index in [-0.39, 0.29) is 36.5 Å². The first-order valence-corrected chi connectivity index (χ1v) is 6.73. The summed E-state index contributed by atoms with van der Waals surface area (Å²) in [6, 6.07) is 1.71. The summed E-state index contributed by atoms with van der Waals surface area (Å²) < 4.78 is 4.92. The van der Waals surface area contributed by atoms with Crippen molar-refractivity contribution in [2.45, 2.75) is 32.2 Å². The molecule has 0 bridgehead atoms. The summed E-state index contributed by atoms with van der Waals surface area (Å²) in [5, 5.41) is 15.2. The van der Waals surface area contributed by atoms with E-state index in [1.807, 2.05) is 0 Å². The first-order valence-electron chi connectivity index (χ1n) is 6.73. The molecule has 1 saturated heterocycles. The van der Waals surface area contributed by atoms with E-state index in [2.05, 4.69) is 15.4 Å². The molecule has 1 aliphatic heterocycles. The Balaban J connectivity index is 0.00000220. The third-order valence-electron chi connectivity index (χ3n) is 3.42. The fourth-order valence-corrected chi connectivity index (χ4v) is 2.28. The van der Waals surface area contributed by atoms with Gasteiger partial charge in [-0.2, -0.15) is 0 Å². The minimum atomic E-state index is -0.777. The maximum atomic E-state index is 11.9. The largest absolute Gasteiger partial charge is 0.481 e. The predicted octanol–water partition coefficient (Wildman–Crippen LogP) is 1.07. The highest BCUT2D eigenvalue weighted by atomic mass is 35.5. The van der Waals surface area contributed by atoms with Crippen LogP contribution in [-0.4, -0.2) is 52.7 Å². The van der Waals surface area contributed by atoms with Crippen LogP contribution in [0.25, 0.3) is 0 Å². The Bertz CT molecular complexity index is 484. The summed E-state index contributed by atoms with van der Waals surface area (Å²) in [7, 11) is 0. The molecular formula is C13H20ClN3O4. The molecule has 21 heavy (non-hydrogen) atoms. The Labute approximate surface area is 129 Å². The van der Waals surface area contributed by atoms with Crippen molar-refractivity contribution in [2.75, 3.05) is 19.6 Å². The number of carbonyl (C=O) groups excluding carboxylic acids is 1. The Morgan fingerprint density at radius 3 is 2.67 bits per heavy atom. The average molecular weight is 318 g/mol. The quantitative estimate of drug-likeness (QED) is 0.843. The minimum Gasteiger partial charge on any atom is -0.481 e. The van der Waals surface area contributed by atoms with Gasteiger partial charge in [0, 0.05) is 31.7 Å². The van der Waals surface area contributed by atoms with Crippen molar-refractivity contribution in [3.8, 4) is 0 Å². The lowest BCUT2D eigenvalue weighted by atomic mass is 10.0. The van der Waals surface area contributed by atoms with Crippen molar-refractivity contribution in [3.63, 3.8) is 0 Å². The highest BCUT2D eigenvalue weighted by Crippen LogP contribution is 2.12. The standard InChI is InChI=1S/C13H19N3O4.ClH/c1-9-8-11(20-15-9)13(19)14-10-2-5-16(6-3-10)7-4-12(17)18;/h8,10H,2-7H2,1H3,(H,14,19)(H,17,18);1H. The summed E-state index contributed by atoms with van der Waals surface area (Å²) in [6.45, 7) is 3.93. The molecule has 2 heterocycles. The Morgan fingerprint density at radius 2 is 2.14 bits per heavy atom. The third-order valence-corrected chi connectivity index (χ3v) is 3.42. The van der Waals surface area contributed by atoms with Crippen molar-refractivity contribution in [1.29, 1.82) is 0 Å². The summed E-state index contributed by atoms with van der Waals surface area (Å²) in [4.78, 5) is 24.5. The van der Waals surface area contributed by atoms with E-state index in [0.29, 0.717) is 12.2 Å². The second kappa shape index (κ2) is 7.99. The molecule has 0 atom stereocenters. The number of aryl methyl sites for hydroxylation is 1.